The van der Waals surface area contributed by atoms with Gasteiger partial charge in [0.2, 0.25) is 11.8 Å². The zero-order valence-corrected chi connectivity index (χ0v) is 16.9. The Morgan fingerprint density at radius 3 is 2.74 bits per heavy atom. The molecule has 4 rings (SSSR count). The van der Waals surface area contributed by atoms with Crippen molar-refractivity contribution in [1.82, 2.24) is 25.0 Å². The van der Waals surface area contributed by atoms with Crippen LogP contribution in [0.25, 0.3) is 11.0 Å². The normalized spacial score (nSPS) is 22.5. The lowest BCUT2D eigenvalue weighted by atomic mass is 10.1. The summed E-state index contributed by atoms with van der Waals surface area (Å²) in [6.07, 6.45) is -2.59. The second-order valence-electron chi connectivity index (χ2n) is 8.06. The summed E-state index contributed by atoms with van der Waals surface area (Å²) in [6, 6.07) is 2.64. The molecule has 31 heavy (non-hydrogen) atoms. The van der Waals surface area contributed by atoms with Gasteiger partial charge in [0.25, 0.3) is 0 Å². The lowest BCUT2D eigenvalue weighted by molar-refractivity contribution is -0.141. The quantitative estimate of drug-likeness (QED) is 0.529. The van der Waals surface area contributed by atoms with Gasteiger partial charge in [0.15, 0.2) is 11.4 Å². The fourth-order valence-electron chi connectivity index (χ4n) is 4.26. The molecule has 1 aliphatic carbocycles. The maximum atomic E-state index is 13.1. The fraction of sp³-hybridized carbons (Fsp3) is 0.550. The smallest absolute Gasteiger partial charge is 0.354 e. The number of hydrogen-bond acceptors (Lipinski definition) is 5. The number of pyridine rings is 1. The first kappa shape index (κ1) is 21.3. The van der Waals surface area contributed by atoms with Crippen molar-refractivity contribution in [1.29, 1.82) is 0 Å². The van der Waals surface area contributed by atoms with Crippen LogP contribution < -0.4 is 5.32 Å². The van der Waals surface area contributed by atoms with E-state index in [0.29, 0.717) is 17.5 Å². The Morgan fingerprint density at radius 1 is 1.26 bits per heavy atom. The first-order valence-electron chi connectivity index (χ1n) is 10.1. The second-order valence-corrected chi connectivity index (χ2v) is 8.06. The van der Waals surface area contributed by atoms with Crippen LogP contribution in [0.3, 0.4) is 0 Å². The van der Waals surface area contributed by atoms with Crippen molar-refractivity contribution < 1.29 is 27.6 Å². The summed E-state index contributed by atoms with van der Waals surface area (Å²) in [5, 5.41) is 7.31. The van der Waals surface area contributed by atoms with E-state index in [-0.39, 0.29) is 48.9 Å². The van der Waals surface area contributed by atoms with Crippen molar-refractivity contribution in [2.24, 2.45) is 5.92 Å². The Kier molecular flexibility index (Phi) is 5.44. The second kappa shape index (κ2) is 7.93. The van der Waals surface area contributed by atoms with Gasteiger partial charge in [-0.3, -0.25) is 14.4 Å². The topological polar surface area (TPSA) is 97.2 Å². The molecule has 0 unspecified atom stereocenters. The Balaban J connectivity index is 1.45. The number of carbonyl (C=O) groups is 3. The van der Waals surface area contributed by atoms with Crippen LogP contribution in [-0.2, 0) is 16.1 Å². The van der Waals surface area contributed by atoms with E-state index in [2.05, 4.69) is 15.4 Å². The lowest BCUT2D eigenvalue weighted by Gasteiger charge is -2.27. The summed E-state index contributed by atoms with van der Waals surface area (Å²) in [4.78, 5) is 43.2. The van der Waals surface area contributed by atoms with Crippen LogP contribution in [0.4, 0.5) is 13.2 Å². The maximum Gasteiger partial charge on any atom is 0.389 e. The molecule has 11 heteroatoms. The number of fused-ring (bicyclic) bond motifs is 2. The lowest BCUT2D eigenvalue weighted by Crippen LogP contribution is -2.49. The van der Waals surface area contributed by atoms with Gasteiger partial charge < -0.3 is 10.2 Å². The molecule has 0 aromatic carbocycles. The van der Waals surface area contributed by atoms with Gasteiger partial charge >= 0.3 is 6.18 Å². The van der Waals surface area contributed by atoms with E-state index in [9.17, 15) is 27.6 Å². The summed E-state index contributed by atoms with van der Waals surface area (Å²) >= 11 is 0. The molecule has 1 saturated heterocycles. The summed E-state index contributed by atoms with van der Waals surface area (Å²) in [5.41, 5.74) is 0.626. The van der Waals surface area contributed by atoms with Gasteiger partial charge in [-0.2, -0.15) is 18.3 Å². The molecule has 166 valence electrons. The van der Waals surface area contributed by atoms with E-state index < -0.39 is 24.5 Å². The number of aromatic nitrogens is 3. The van der Waals surface area contributed by atoms with Crippen LogP contribution in [0.15, 0.2) is 18.3 Å². The van der Waals surface area contributed by atoms with Crippen LogP contribution in [0, 0.1) is 5.92 Å². The number of rotatable bonds is 7. The molecule has 1 saturated carbocycles. The molecule has 0 radical (unpaired) electrons. The number of hydrogen-bond donors (Lipinski definition) is 1. The van der Waals surface area contributed by atoms with Crippen molar-refractivity contribution in [2.45, 2.75) is 57.4 Å². The molecule has 1 N–H and O–H groups in total. The van der Waals surface area contributed by atoms with Crippen molar-refractivity contribution in [3.8, 4) is 0 Å². The molecule has 2 aliphatic rings. The predicted molar refractivity (Wildman–Crippen MR) is 103 cm³/mol. The van der Waals surface area contributed by atoms with Gasteiger partial charge in [0.05, 0.1) is 5.39 Å². The number of halogens is 3. The highest BCUT2D eigenvalue weighted by atomic mass is 19.4. The average molecular weight is 437 g/mol. The molecular weight excluding hydrogens is 415 g/mol. The Hall–Kier alpha value is -2.98. The van der Waals surface area contributed by atoms with E-state index >= 15 is 0 Å². The number of likely N-dealkylation sites (tertiary alicyclic amines) is 1. The number of Topliss-reactive ketones (excluding diaryl/α,β-unsaturated/α-hetero) is 1. The number of piperidine rings is 1. The zero-order valence-electron chi connectivity index (χ0n) is 16.9. The Bertz CT molecular complexity index is 1030. The number of ketones is 1. The monoisotopic (exact) mass is 437 g/mol. The highest BCUT2D eigenvalue weighted by molar-refractivity contribution is 6.04. The number of amides is 2. The van der Waals surface area contributed by atoms with Crippen LogP contribution in [0.2, 0.25) is 0 Å². The molecule has 2 amide bonds. The summed E-state index contributed by atoms with van der Waals surface area (Å²) < 4.78 is 38.2. The highest BCUT2D eigenvalue weighted by Crippen LogP contribution is 2.48. The SMILES string of the molecule is CC(=O)c1nn(CC(=O)N2[C@@H]3C[C@@H]3C[C@H]2C(=O)NCCCC(F)(F)F)c2ncccc12. The van der Waals surface area contributed by atoms with Gasteiger partial charge in [0.1, 0.15) is 18.3 Å². The number of alkyl halides is 3. The Labute approximate surface area is 175 Å². The van der Waals surface area contributed by atoms with E-state index in [1.807, 2.05) is 0 Å². The van der Waals surface area contributed by atoms with Gasteiger partial charge in [0, 0.05) is 32.1 Å². The average Bonchev–Trinajstić information content (AvgIpc) is 3.20. The van der Waals surface area contributed by atoms with E-state index in [0.717, 1.165) is 6.42 Å². The third-order valence-electron chi connectivity index (χ3n) is 5.76. The minimum Gasteiger partial charge on any atom is -0.354 e. The Morgan fingerprint density at radius 2 is 2.03 bits per heavy atom. The molecule has 3 heterocycles. The standard InChI is InChI=1S/C20H22F3N5O3/c1-11(29)17-13-4-2-6-24-18(13)27(26-17)10-16(30)28-14-8-12(14)9-15(28)19(31)25-7-3-5-20(21,22)23/h2,4,6,12,14-15H,3,5,7-10H2,1H3,(H,25,31)/t12-,14-,15+/m1/s1. The third-order valence-corrected chi connectivity index (χ3v) is 5.76. The van der Waals surface area contributed by atoms with E-state index in [1.165, 1.54) is 16.5 Å². The van der Waals surface area contributed by atoms with E-state index in [4.69, 9.17) is 0 Å². The van der Waals surface area contributed by atoms with Crippen molar-refractivity contribution in [2.75, 3.05) is 6.54 Å². The van der Waals surface area contributed by atoms with Gasteiger partial charge in [-0.15, -0.1) is 0 Å². The van der Waals surface area contributed by atoms with Crippen molar-refractivity contribution in [3.63, 3.8) is 0 Å². The fourth-order valence-corrected chi connectivity index (χ4v) is 4.26. The van der Waals surface area contributed by atoms with Crippen LogP contribution >= 0.6 is 0 Å². The third kappa shape index (κ3) is 4.40. The number of nitrogens with zero attached hydrogens (tertiary/aromatic N) is 4. The summed E-state index contributed by atoms with van der Waals surface area (Å²) in [6.45, 7) is 1.11. The van der Waals surface area contributed by atoms with Crippen LogP contribution in [0.5, 0.6) is 0 Å². The molecule has 0 spiro atoms. The van der Waals surface area contributed by atoms with Crippen molar-refractivity contribution in [3.05, 3.63) is 24.0 Å². The largest absolute Gasteiger partial charge is 0.389 e. The van der Waals surface area contributed by atoms with Gasteiger partial charge in [-0.25, -0.2) is 9.67 Å². The van der Waals surface area contributed by atoms with Gasteiger partial charge in [-0.1, -0.05) is 0 Å². The number of nitrogens with one attached hydrogen (secondary N) is 1. The first-order chi connectivity index (χ1) is 14.7. The summed E-state index contributed by atoms with van der Waals surface area (Å²) in [5.74, 6) is -0.778. The molecule has 1 aliphatic heterocycles. The highest BCUT2D eigenvalue weighted by Gasteiger charge is 2.55. The van der Waals surface area contributed by atoms with Crippen LogP contribution in [-0.4, -0.2) is 62.1 Å². The zero-order chi connectivity index (χ0) is 22.3. The molecular formula is C20H22F3N5O3. The van der Waals surface area contributed by atoms with Gasteiger partial charge in [-0.05, 0) is 37.3 Å². The van der Waals surface area contributed by atoms with E-state index in [1.54, 1.807) is 18.3 Å². The molecule has 2 fully saturated rings. The predicted octanol–water partition coefficient (Wildman–Crippen LogP) is 2.08. The molecule has 2 aromatic rings. The molecule has 0 bridgehead atoms. The molecule has 8 nitrogen and oxygen atoms in total. The minimum atomic E-state index is -4.26. The molecule has 3 atom stereocenters. The minimum absolute atomic E-state index is 0.0412. The van der Waals surface area contributed by atoms with Crippen molar-refractivity contribution >= 4 is 28.6 Å². The summed E-state index contributed by atoms with van der Waals surface area (Å²) in [7, 11) is 0. The number of carbonyl (C=O) groups excluding carboxylic acids is 3. The first-order valence-corrected chi connectivity index (χ1v) is 10.1. The maximum absolute atomic E-state index is 13.1. The van der Waals surface area contributed by atoms with Crippen LogP contribution in [0.1, 0.15) is 43.1 Å². The molecule has 2 aromatic heterocycles.